The van der Waals surface area contributed by atoms with E-state index in [0.29, 0.717) is 33.0 Å². The maximum Gasteiger partial charge on any atom is 0.0701 e. The maximum absolute atomic E-state index is 7.99. The Morgan fingerprint density at radius 3 is 2.31 bits per heavy atom. The van der Waals surface area contributed by atoms with Gasteiger partial charge in [-0.2, -0.15) is 0 Å². The molecule has 0 aromatic rings. The van der Waals surface area contributed by atoms with Crippen LogP contribution in [0.3, 0.4) is 0 Å². The molecular weight excluding hydrogens is 212 g/mol. The zero-order valence-electron chi connectivity index (χ0n) is 9.34. The van der Waals surface area contributed by atoms with Crippen molar-refractivity contribution in [3.8, 4) is 0 Å². The van der Waals surface area contributed by atoms with Crippen LogP contribution in [0.5, 0.6) is 0 Å². The number of hydrogen-bond donors (Lipinski definition) is 3. The minimum Gasteiger partial charge on any atom is -0.379 e. The average molecular weight is 232 g/mol. The fourth-order valence-corrected chi connectivity index (χ4v) is 0.847. The van der Waals surface area contributed by atoms with Gasteiger partial charge in [0.25, 0.3) is 0 Å². The second-order valence-electron chi connectivity index (χ2n) is 3.39. The Balaban J connectivity index is 3.35. The largest absolute Gasteiger partial charge is 0.379 e. The number of nitrogens with two attached hydrogens (primary N) is 3. The number of ether oxygens (including phenoxy) is 2. The van der Waals surface area contributed by atoms with E-state index in [0.717, 1.165) is 0 Å². The molecule has 0 amide bonds. The van der Waals surface area contributed by atoms with Crippen LogP contribution < -0.4 is 17.2 Å². The highest BCUT2D eigenvalue weighted by molar-refractivity contribution is 4.85. The standard InChI is InChI=1S/C8H20N6O2/c9-5-8(11,6-10)7-16-4-3-15-2-1-13-14-12/h1-7,9-11H2. The average Bonchev–Trinajstić information content (AvgIpc) is 2.32. The fraction of sp³-hybridized carbons (Fsp3) is 1.00. The molecule has 0 saturated heterocycles. The Kier molecular flexibility index (Phi) is 8.82. The molecule has 8 nitrogen and oxygen atoms in total. The van der Waals surface area contributed by atoms with Crippen LogP contribution in [-0.2, 0) is 9.47 Å². The number of hydrogen-bond acceptors (Lipinski definition) is 6. The van der Waals surface area contributed by atoms with E-state index in [4.69, 9.17) is 32.2 Å². The number of azide groups is 1. The van der Waals surface area contributed by atoms with Gasteiger partial charge in [-0.1, -0.05) is 5.11 Å². The molecule has 0 rings (SSSR count). The first kappa shape index (κ1) is 15.1. The predicted molar refractivity (Wildman–Crippen MR) is 60.7 cm³/mol. The van der Waals surface area contributed by atoms with Crippen LogP contribution in [0.1, 0.15) is 0 Å². The highest BCUT2D eigenvalue weighted by Gasteiger charge is 2.20. The lowest BCUT2D eigenvalue weighted by molar-refractivity contribution is 0.0318. The van der Waals surface area contributed by atoms with Gasteiger partial charge in [-0.05, 0) is 5.53 Å². The molecule has 16 heavy (non-hydrogen) atoms. The summed E-state index contributed by atoms with van der Waals surface area (Å²) in [6.45, 7) is 2.40. The molecule has 0 aliphatic heterocycles. The second kappa shape index (κ2) is 9.34. The SMILES string of the molecule is [N-]=[N+]=NCCOCCOCC(N)(CN)CN. The summed E-state index contributed by atoms with van der Waals surface area (Å²) in [6.07, 6.45) is 0. The Labute approximate surface area is 94.7 Å². The van der Waals surface area contributed by atoms with Gasteiger partial charge in [0.15, 0.2) is 0 Å². The lowest BCUT2D eigenvalue weighted by Crippen LogP contribution is -2.56. The predicted octanol–water partition coefficient (Wildman–Crippen LogP) is -1.06. The van der Waals surface area contributed by atoms with E-state index in [2.05, 4.69) is 10.0 Å². The highest BCUT2D eigenvalue weighted by atomic mass is 16.5. The fourth-order valence-electron chi connectivity index (χ4n) is 0.847. The van der Waals surface area contributed by atoms with E-state index in [1.165, 1.54) is 0 Å². The first-order chi connectivity index (χ1) is 7.68. The van der Waals surface area contributed by atoms with Gasteiger partial charge in [-0.15, -0.1) is 0 Å². The lowest BCUT2D eigenvalue weighted by atomic mass is 10.0. The molecule has 0 heterocycles. The van der Waals surface area contributed by atoms with Crippen molar-refractivity contribution in [3.05, 3.63) is 10.4 Å². The van der Waals surface area contributed by atoms with E-state index < -0.39 is 5.54 Å². The molecule has 0 spiro atoms. The van der Waals surface area contributed by atoms with Crippen molar-refractivity contribution in [1.82, 2.24) is 0 Å². The van der Waals surface area contributed by atoms with Gasteiger partial charge < -0.3 is 26.7 Å². The van der Waals surface area contributed by atoms with Crippen LogP contribution in [-0.4, -0.2) is 51.6 Å². The first-order valence-corrected chi connectivity index (χ1v) is 5.04. The van der Waals surface area contributed by atoms with Gasteiger partial charge in [0.1, 0.15) is 0 Å². The highest BCUT2D eigenvalue weighted by Crippen LogP contribution is 1.96. The van der Waals surface area contributed by atoms with E-state index in [-0.39, 0.29) is 13.1 Å². The van der Waals surface area contributed by atoms with Crippen molar-refractivity contribution in [2.24, 2.45) is 22.3 Å². The van der Waals surface area contributed by atoms with E-state index in [1.54, 1.807) is 0 Å². The molecule has 0 bridgehead atoms. The molecule has 0 aliphatic carbocycles. The molecule has 0 fully saturated rings. The van der Waals surface area contributed by atoms with Gasteiger partial charge in [-0.25, -0.2) is 0 Å². The van der Waals surface area contributed by atoms with Gasteiger partial charge >= 0.3 is 0 Å². The zero-order chi connectivity index (χ0) is 12.3. The van der Waals surface area contributed by atoms with Crippen LogP contribution in [0.2, 0.25) is 0 Å². The topological polar surface area (TPSA) is 145 Å². The molecule has 0 radical (unpaired) electrons. The summed E-state index contributed by atoms with van der Waals surface area (Å²) in [5.41, 5.74) is 24.0. The minimum atomic E-state index is -0.662. The van der Waals surface area contributed by atoms with Gasteiger partial charge in [0.05, 0.1) is 32.0 Å². The molecule has 0 aromatic carbocycles. The van der Waals surface area contributed by atoms with Crippen molar-refractivity contribution in [2.45, 2.75) is 5.54 Å². The molecule has 0 aromatic heterocycles. The number of nitrogens with zero attached hydrogens (tertiary/aromatic N) is 3. The van der Waals surface area contributed by atoms with Crippen molar-refractivity contribution in [2.75, 3.05) is 46.1 Å². The quantitative estimate of drug-likeness (QED) is 0.190. The zero-order valence-corrected chi connectivity index (χ0v) is 9.34. The molecule has 0 saturated carbocycles. The normalized spacial score (nSPS) is 11.2. The van der Waals surface area contributed by atoms with Crippen molar-refractivity contribution < 1.29 is 9.47 Å². The third-order valence-corrected chi connectivity index (χ3v) is 1.97. The third kappa shape index (κ3) is 7.41. The van der Waals surface area contributed by atoms with Crippen molar-refractivity contribution in [1.29, 1.82) is 0 Å². The summed E-state index contributed by atoms with van der Waals surface area (Å²) in [6, 6.07) is 0. The van der Waals surface area contributed by atoms with Crippen LogP contribution in [0, 0.1) is 0 Å². The van der Waals surface area contributed by atoms with Crippen LogP contribution >= 0.6 is 0 Å². The maximum atomic E-state index is 7.99. The second-order valence-corrected chi connectivity index (χ2v) is 3.39. The number of rotatable bonds is 10. The summed E-state index contributed by atoms with van der Waals surface area (Å²) < 4.78 is 10.4. The first-order valence-electron chi connectivity index (χ1n) is 5.04. The monoisotopic (exact) mass is 232 g/mol. The summed E-state index contributed by atoms with van der Waals surface area (Å²) in [5.74, 6) is 0. The Hall–Kier alpha value is -0.890. The van der Waals surface area contributed by atoms with Crippen molar-refractivity contribution >= 4 is 0 Å². The van der Waals surface area contributed by atoms with Crippen LogP contribution in [0.15, 0.2) is 5.11 Å². The van der Waals surface area contributed by atoms with Gasteiger partial charge in [0.2, 0.25) is 0 Å². The van der Waals surface area contributed by atoms with E-state index >= 15 is 0 Å². The van der Waals surface area contributed by atoms with Crippen LogP contribution in [0.25, 0.3) is 10.4 Å². The Bertz CT molecular complexity index is 215. The van der Waals surface area contributed by atoms with Gasteiger partial charge in [0, 0.05) is 24.5 Å². The summed E-state index contributed by atoms with van der Waals surface area (Å²) >= 11 is 0. The molecule has 94 valence electrons. The molecule has 0 aliphatic rings. The smallest absolute Gasteiger partial charge is 0.0701 e. The Morgan fingerprint density at radius 1 is 1.12 bits per heavy atom. The van der Waals surface area contributed by atoms with E-state index in [1.807, 2.05) is 0 Å². The van der Waals surface area contributed by atoms with E-state index in [9.17, 15) is 0 Å². The van der Waals surface area contributed by atoms with Crippen LogP contribution in [0.4, 0.5) is 0 Å². The third-order valence-electron chi connectivity index (χ3n) is 1.97. The molecule has 6 N–H and O–H groups in total. The summed E-state index contributed by atoms with van der Waals surface area (Å²) in [4.78, 5) is 2.59. The molecule has 0 atom stereocenters. The van der Waals surface area contributed by atoms with Gasteiger partial charge in [-0.3, -0.25) is 0 Å². The summed E-state index contributed by atoms with van der Waals surface area (Å²) in [7, 11) is 0. The molecule has 0 unspecified atom stereocenters. The molecular formula is C8H20N6O2. The van der Waals surface area contributed by atoms with Crippen molar-refractivity contribution in [3.63, 3.8) is 0 Å². The molecule has 8 heteroatoms. The minimum absolute atomic E-state index is 0.279. The Morgan fingerprint density at radius 2 is 1.75 bits per heavy atom. The summed E-state index contributed by atoms with van der Waals surface area (Å²) in [5, 5.41) is 3.32. The lowest BCUT2D eigenvalue weighted by Gasteiger charge is -2.25.